The molecular weight excluding hydrogens is 455 g/mol. The fourth-order valence-corrected chi connectivity index (χ4v) is 4.83. The standard InChI is InChI=1S/C27H25BF4N2O/c28-25-14-23(29)5-6-24(25)26(7-9-34-10-8-26)17-35-16-19-11-21(13-22(12-19)27(30,31)32)20-3-1-18(15-33)2-4-20/h1-6,11-14,34H,7-10,16-17,28H2. The summed E-state index contributed by atoms with van der Waals surface area (Å²) in [5.74, 6) is -0.296. The zero-order chi connectivity index (χ0) is 25.1. The van der Waals surface area contributed by atoms with Crippen LogP contribution in [0.1, 0.15) is 35.1 Å². The van der Waals surface area contributed by atoms with E-state index in [2.05, 4.69) is 5.32 Å². The molecule has 35 heavy (non-hydrogen) atoms. The van der Waals surface area contributed by atoms with Gasteiger partial charge >= 0.3 is 6.18 Å². The highest BCUT2D eigenvalue weighted by atomic mass is 19.4. The van der Waals surface area contributed by atoms with Gasteiger partial charge in [0.1, 0.15) is 13.7 Å². The second kappa shape index (κ2) is 10.2. The lowest BCUT2D eigenvalue weighted by Gasteiger charge is -2.39. The van der Waals surface area contributed by atoms with Crippen molar-refractivity contribution in [2.24, 2.45) is 0 Å². The molecule has 0 aliphatic carbocycles. The number of nitrogens with one attached hydrogen (secondary N) is 1. The van der Waals surface area contributed by atoms with Crippen molar-refractivity contribution in [2.75, 3.05) is 19.7 Å². The van der Waals surface area contributed by atoms with Gasteiger partial charge in [0.05, 0.1) is 30.4 Å². The first-order valence-corrected chi connectivity index (χ1v) is 11.5. The Kier molecular flexibility index (Phi) is 7.29. The molecule has 0 radical (unpaired) electrons. The first-order valence-electron chi connectivity index (χ1n) is 11.5. The van der Waals surface area contributed by atoms with Crippen molar-refractivity contribution in [3.8, 4) is 17.2 Å². The number of halogens is 4. The van der Waals surface area contributed by atoms with Gasteiger partial charge in [0.15, 0.2) is 0 Å². The highest BCUT2D eigenvalue weighted by molar-refractivity contribution is 6.33. The van der Waals surface area contributed by atoms with E-state index in [4.69, 9.17) is 10.00 Å². The van der Waals surface area contributed by atoms with Crippen molar-refractivity contribution in [3.05, 3.63) is 88.7 Å². The number of hydrogen-bond acceptors (Lipinski definition) is 3. The quantitative estimate of drug-likeness (QED) is 0.418. The molecule has 1 aliphatic heterocycles. The van der Waals surface area contributed by atoms with Crippen molar-refractivity contribution >= 4 is 13.3 Å². The van der Waals surface area contributed by atoms with Crippen LogP contribution in [0.25, 0.3) is 11.1 Å². The monoisotopic (exact) mass is 480 g/mol. The Labute approximate surface area is 203 Å². The summed E-state index contributed by atoms with van der Waals surface area (Å²) in [6.07, 6.45) is -2.92. The highest BCUT2D eigenvalue weighted by Gasteiger charge is 2.36. The van der Waals surface area contributed by atoms with Crippen LogP contribution in [-0.2, 0) is 22.9 Å². The van der Waals surface area contributed by atoms with Gasteiger partial charge < -0.3 is 10.1 Å². The zero-order valence-electron chi connectivity index (χ0n) is 19.4. The maximum atomic E-state index is 13.7. The van der Waals surface area contributed by atoms with Crippen LogP contribution in [0.2, 0.25) is 0 Å². The van der Waals surface area contributed by atoms with Gasteiger partial charge in [-0.15, -0.1) is 0 Å². The van der Waals surface area contributed by atoms with Crippen LogP contribution in [0.15, 0.2) is 60.7 Å². The summed E-state index contributed by atoms with van der Waals surface area (Å²) in [7, 11) is 1.87. The summed E-state index contributed by atoms with van der Waals surface area (Å²) in [5, 5.41) is 12.3. The van der Waals surface area contributed by atoms with Gasteiger partial charge in [-0.25, -0.2) is 4.39 Å². The summed E-state index contributed by atoms with van der Waals surface area (Å²) in [6, 6.07) is 17.1. The summed E-state index contributed by atoms with van der Waals surface area (Å²) < 4.78 is 60.7. The lowest BCUT2D eigenvalue weighted by atomic mass is 9.69. The van der Waals surface area contributed by atoms with E-state index in [1.807, 2.05) is 13.9 Å². The van der Waals surface area contributed by atoms with E-state index < -0.39 is 11.7 Å². The SMILES string of the molecule is Bc1cc(F)ccc1C1(COCc2cc(-c3ccc(C#N)cc3)cc(C(F)(F)F)c2)CCNCC1. The van der Waals surface area contributed by atoms with Gasteiger partial charge in [0.25, 0.3) is 0 Å². The number of alkyl halides is 3. The average molecular weight is 480 g/mol. The van der Waals surface area contributed by atoms with Crippen LogP contribution in [-0.4, -0.2) is 27.5 Å². The van der Waals surface area contributed by atoms with Gasteiger partial charge in [-0.05, 0) is 90.6 Å². The van der Waals surface area contributed by atoms with Gasteiger partial charge in [-0.1, -0.05) is 23.7 Å². The fourth-order valence-electron chi connectivity index (χ4n) is 4.83. The molecule has 3 nitrogen and oxygen atoms in total. The van der Waals surface area contributed by atoms with Gasteiger partial charge in [-0.3, -0.25) is 0 Å². The Morgan fingerprint density at radius 1 is 0.971 bits per heavy atom. The number of rotatable bonds is 6. The predicted molar refractivity (Wildman–Crippen MR) is 130 cm³/mol. The molecule has 8 heteroatoms. The molecule has 1 fully saturated rings. The molecule has 0 atom stereocenters. The maximum absolute atomic E-state index is 13.7. The Morgan fingerprint density at radius 2 is 1.69 bits per heavy atom. The van der Waals surface area contributed by atoms with Crippen molar-refractivity contribution in [3.63, 3.8) is 0 Å². The number of hydrogen-bond donors (Lipinski definition) is 1. The molecule has 1 heterocycles. The first-order chi connectivity index (χ1) is 16.7. The van der Waals surface area contributed by atoms with Crippen molar-refractivity contribution < 1.29 is 22.3 Å². The Balaban J connectivity index is 1.59. The third-order valence-electron chi connectivity index (χ3n) is 6.64. The minimum atomic E-state index is -4.50. The van der Waals surface area contributed by atoms with E-state index in [0.29, 0.717) is 28.9 Å². The second-order valence-corrected chi connectivity index (χ2v) is 9.09. The third-order valence-corrected chi connectivity index (χ3v) is 6.64. The van der Waals surface area contributed by atoms with E-state index in [1.165, 1.54) is 12.1 Å². The van der Waals surface area contributed by atoms with Crippen LogP contribution in [0.5, 0.6) is 0 Å². The molecule has 0 spiro atoms. The molecule has 0 saturated carbocycles. The van der Waals surface area contributed by atoms with Crippen molar-refractivity contribution in [1.82, 2.24) is 5.32 Å². The smallest absolute Gasteiger partial charge is 0.376 e. The maximum Gasteiger partial charge on any atom is 0.416 e. The molecule has 1 N–H and O–H groups in total. The fraction of sp³-hybridized carbons (Fsp3) is 0.296. The molecule has 0 unspecified atom stereocenters. The number of benzene rings is 3. The van der Waals surface area contributed by atoms with E-state index >= 15 is 0 Å². The van der Waals surface area contributed by atoms with E-state index in [1.54, 1.807) is 36.4 Å². The largest absolute Gasteiger partial charge is 0.416 e. The lowest BCUT2D eigenvalue weighted by Crippen LogP contribution is -2.45. The average Bonchev–Trinajstić information content (AvgIpc) is 2.84. The molecular formula is C27H25BF4N2O. The van der Waals surface area contributed by atoms with Gasteiger partial charge in [-0.2, -0.15) is 18.4 Å². The first kappa shape index (κ1) is 25.0. The van der Waals surface area contributed by atoms with Crippen molar-refractivity contribution in [2.45, 2.75) is 31.0 Å². The second-order valence-electron chi connectivity index (χ2n) is 9.09. The molecule has 4 rings (SSSR count). The molecule has 0 aromatic heterocycles. The molecule has 0 bridgehead atoms. The van der Waals surface area contributed by atoms with E-state index in [0.717, 1.165) is 49.1 Å². The number of nitrogens with zero attached hydrogens (tertiary/aromatic N) is 1. The van der Waals surface area contributed by atoms with Gasteiger partial charge in [0.2, 0.25) is 0 Å². The molecule has 1 aliphatic rings. The molecule has 180 valence electrons. The number of piperidine rings is 1. The Bertz CT molecular complexity index is 1230. The number of nitriles is 1. The van der Waals surface area contributed by atoms with E-state index in [-0.39, 0.29) is 17.8 Å². The third kappa shape index (κ3) is 5.75. The topological polar surface area (TPSA) is 45.0 Å². The Hall–Kier alpha value is -3.15. The number of ether oxygens (including phenoxy) is 1. The van der Waals surface area contributed by atoms with Crippen LogP contribution in [0.4, 0.5) is 17.6 Å². The molecule has 3 aromatic carbocycles. The zero-order valence-corrected chi connectivity index (χ0v) is 19.4. The summed E-state index contributed by atoms with van der Waals surface area (Å²) in [4.78, 5) is 0. The van der Waals surface area contributed by atoms with Crippen LogP contribution in [0.3, 0.4) is 0 Å². The molecule has 0 amide bonds. The lowest BCUT2D eigenvalue weighted by molar-refractivity contribution is -0.137. The highest BCUT2D eigenvalue weighted by Crippen LogP contribution is 2.35. The normalized spacial score (nSPS) is 15.5. The Morgan fingerprint density at radius 3 is 2.31 bits per heavy atom. The van der Waals surface area contributed by atoms with Crippen LogP contribution >= 0.6 is 0 Å². The molecule has 1 saturated heterocycles. The summed E-state index contributed by atoms with van der Waals surface area (Å²) in [5.41, 5.74) is 2.64. The van der Waals surface area contributed by atoms with E-state index in [9.17, 15) is 17.6 Å². The van der Waals surface area contributed by atoms with Gasteiger partial charge in [0, 0.05) is 5.41 Å². The summed E-state index contributed by atoms with van der Waals surface area (Å²) in [6.45, 7) is 1.91. The van der Waals surface area contributed by atoms with Crippen LogP contribution in [0, 0.1) is 17.1 Å². The molecule has 3 aromatic rings. The minimum absolute atomic E-state index is 0.0165. The van der Waals surface area contributed by atoms with Crippen LogP contribution < -0.4 is 10.8 Å². The van der Waals surface area contributed by atoms with Crippen molar-refractivity contribution in [1.29, 1.82) is 5.26 Å². The summed E-state index contributed by atoms with van der Waals surface area (Å²) >= 11 is 0. The predicted octanol–water partition coefficient (Wildman–Crippen LogP) is 4.48. The minimum Gasteiger partial charge on any atom is -0.376 e.